The van der Waals surface area contributed by atoms with Crippen molar-refractivity contribution < 1.29 is 67.1 Å². The number of fused-ring (bicyclic) bond motifs is 2. The van der Waals surface area contributed by atoms with Gasteiger partial charge in [0, 0.05) is 50.3 Å². The van der Waals surface area contributed by atoms with E-state index in [1.54, 1.807) is 158 Å². The summed E-state index contributed by atoms with van der Waals surface area (Å²) in [6.07, 6.45) is -0.233. The molecule has 0 spiro atoms. The molecule has 632 valence electrons. The summed E-state index contributed by atoms with van der Waals surface area (Å²) in [7, 11) is -26.3. The van der Waals surface area contributed by atoms with Crippen molar-refractivity contribution in [3.63, 3.8) is 0 Å². The maximum absolute atomic E-state index is 17.5. The molecule has 0 bridgehead atoms. The number of rotatable bonds is 22. The normalized spacial score (nSPS) is 17.9. The Kier molecular flexibility index (Phi) is 28.1. The van der Waals surface area contributed by atoms with Gasteiger partial charge in [0.05, 0.1) is 50.1 Å². The lowest BCUT2D eigenvalue weighted by Gasteiger charge is -2.49. The van der Waals surface area contributed by atoms with Crippen LogP contribution in [0.1, 0.15) is 30.9 Å². The van der Waals surface area contributed by atoms with Gasteiger partial charge < -0.3 is 32.0 Å². The molecule has 0 N–H and O–H groups in total. The second kappa shape index (κ2) is 38.9. The minimum absolute atomic E-state index is 0.0156. The highest BCUT2D eigenvalue weighted by Crippen LogP contribution is 2.81. The summed E-state index contributed by atoms with van der Waals surface area (Å²) in [6.45, 7) is 2.08. The van der Waals surface area contributed by atoms with E-state index in [2.05, 4.69) is 6.92 Å². The van der Waals surface area contributed by atoms with Crippen LogP contribution in [0.2, 0.25) is 0 Å². The van der Waals surface area contributed by atoms with Crippen LogP contribution in [0.3, 0.4) is 0 Å². The van der Waals surface area contributed by atoms with Crippen molar-refractivity contribution in [2.45, 2.75) is 30.6 Å². The van der Waals surface area contributed by atoms with Crippen LogP contribution >= 0.6 is 50.0 Å². The van der Waals surface area contributed by atoms with E-state index in [0.29, 0.717) is 21.4 Å². The summed E-state index contributed by atoms with van der Waals surface area (Å²) >= 11 is 0. The molecule has 6 unspecified atom stereocenters. The van der Waals surface area contributed by atoms with Gasteiger partial charge in [-0.2, -0.15) is 0 Å². The number of hydrogen-bond acceptors (Lipinski definition) is 7. The molecule has 0 aromatic heterocycles. The molecule has 1 fully saturated rings. The second-order valence-corrected chi connectivity index (χ2v) is 51.3. The summed E-state index contributed by atoms with van der Waals surface area (Å²) in [5.74, 6) is -4.71. The van der Waals surface area contributed by atoms with E-state index < -0.39 is 114 Å². The van der Waals surface area contributed by atoms with Gasteiger partial charge in [-0.05, 0) is 118 Å². The van der Waals surface area contributed by atoms with Crippen molar-refractivity contribution in [2.24, 2.45) is 0 Å². The molecule has 16 aromatic carbocycles. The minimum atomic E-state index is -4.11. The molecule has 0 amide bonds. The van der Waals surface area contributed by atoms with E-state index in [9.17, 15) is 40.4 Å². The van der Waals surface area contributed by atoms with Crippen LogP contribution in [-0.2, 0) is 42.8 Å². The van der Waals surface area contributed by atoms with Crippen molar-refractivity contribution >= 4 is 135 Å². The fraction of sp³-hybridized carbons (Fsp3) is 0.107. The van der Waals surface area contributed by atoms with Crippen LogP contribution in [0.5, 0.6) is 0 Å². The SMILES string of the molecule is CCCP(=O)(c1ccccc1)c1ccccc1.O=P(CCCP(=O)(c1ccccc1F)c1ccccc1F)(c1ccccc1F)c1ccccc1F.O=P(CP(=O)(c1ccccc1F)c1cccc2ccccc12)(c1ccccc1F)c1cccc2ccccc12.O=P1(c2ccccc2)CC(F)(c2ccccc2)P(=O)(c2ccccc2)CC1(F)c1ccccc1. The standard InChI is InChI=1S/C33H24F2O2P2.C28H24F2O2P2.C27H22F4O2P2.C15H17OP/c34-28-17-5-7-19-32(28)38(36,30-21-9-13-24-11-1-3-15-26(24)30)23-39(37,33-20-8-6-18-29(33)35)31-22-10-14-25-12-2-4-16-27(25)31;29-27(23-13-5-1-6-14-23)21-34(32,26-19-11-4-12-20-26)28(30,24-15-7-2-8-16-24)22-33(27,31)25-17-9-3-10-18-25;28-20-10-1-5-14-24(20)34(32,25-15-6-2-11-21(25)29)18-9-19-35(33,26-16-7-3-12-22(26)30)27-17-8-4-13-23(27)31;1-2-13-17(16,14-9-5-3-6-10-14)15-11-7-4-8-12-15/h1-22H,23H2;1-20H,21-22H2;1-8,10-17H,9,18-19H2;3-12H,2,13H2,1H3. The van der Waals surface area contributed by atoms with Crippen molar-refractivity contribution in [3.05, 3.63) is 459 Å². The van der Waals surface area contributed by atoms with Crippen LogP contribution in [-0.4, -0.2) is 36.7 Å². The predicted molar refractivity (Wildman–Crippen MR) is 503 cm³/mol. The van der Waals surface area contributed by atoms with Crippen LogP contribution in [0.4, 0.5) is 35.1 Å². The number of alkyl halides is 2. The first kappa shape index (κ1) is 90.3. The zero-order valence-corrected chi connectivity index (χ0v) is 74.2. The molecule has 0 aliphatic carbocycles. The Labute approximate surface area is 723 Å². The fourth-order valence-corrected chi connectivity index (χ4v) is 42.6. The van der Waals surface area contributed by atoms with Gasteiger partial charge in [-0.25, -0.2) is 35.1 Å². The Bertz CT molecular complexity index is 6350. The Morgan fingerprint density at radius 3 is 0.776 bits per heavy atom. The summed E-state index contributed by atoms with van der Waals surface area (Å²) in [5.41, 5.74) is 0.321. The third kappa shape index (κ3) is 18.2. The first-order valence-electron chi connectivity index (χ1n) is 40.6. The van der Waals surface area contributed by atoms with Crippen molar-refractivity contribution in [2.75, 3.05) is 36.7 Å². The Morgan fingerprint density at radius 2 is 0.488 bits per heavy atom. The first-order valence-corrected chi connectivity index (χ1v) is 53.9. The largest absolute Gasteiger partial charge is 0.315 e. The molecule has 6 atom stereocenters. The molecular weight excluding hydrogens is 1720 g/mol. The molecule has 125 heavy (non-hydrogen) atoms. The number of halogens is 8. The zero-order valence-electron chi connectivity index (χ0n) is 67.9. The smallest absolute Gasteiger partial charge is 0.199 e. The highest BCUT2D eigenvalue weighted by Gasteiger charge is 2.69. The van der Waals surface area contributed by atoms with Gasteiger partial charge in [-0.1, -0.05) is 347 Å². The minimum Gasteiger partial charge on any atom is -0.315 e. The third-order valence-corrected chi connectivity index (χ3v) is 48.0. The Hall–Kier alpha value is -10.9. The van der Waals surface area contributed by atoms with Crippen LogP contribution in [0.15, 0.2) is 413 Å². The van der Waals surface area contributed by atoms with E-state index >= 15 is 26.7 Å². The maximum Gasteiger partial charge on any atom is 0.199 e. The molecule has 17 rings (SSSR count). The molecular formula is C103H87F8O7P7. The van der Waals surface area contributed by atoms with Crippen LogP contribution in [0, 0.1) is 34.9 Å². The average molecular weight is 1810 g/mol. The lowest BCUT2D eigenvalue weighted by atomic mass is 10.1. The van der Waals surface area contributed by atoms with Crippen LogP contribution < -0.4 is 63.7 Å². The summed E-state index contributed by atoms with van der Waals surface area (Å²) in [4.78, 5) is 0. The molecule has 0 saturated carbocycles. The molecule has 7 nitrogen and oxygen atoms in total. The number of benzene rings is 16. The van der Waals surface area contributed by atoms with Gasteiger partial charge in [0.1, 0.15) is 56.3 Å². The highest BCUT2D eigenvalue weighted by atomic mass is 31.2. The molecule has 1 aliphatic heterocycles. The molecule has 1 aliphatic rings. The average Bonchev–Trinajstić information content (AvgIpc) is 0.683. The maximum atomic E-state index is 17.5. The molecule has 16 aromatic rings. The Morgan fingerprint density at radius 1 is 0.256 bits per heavy atom. The fourth-order valence-electron chi connectivity index (χ4n) is 16.7. The van der Waals surface area contributed by atoms with Crippen LogP contribution in [0.25, 0.3) is 21.5 Å². The summed E-state index contributed by atoms with van der Waals surface area (Å²) < 4.78 is 228. The lowest BCUT2D eigenvalue weighted by Crippen LogP contribution is -2.46. The van der Waals surface area contributed by atoms with Gasteiger partial charge in [-0.15, -0.1) is 0 Å². The van der Waals surface area contributed by atoms with Gasteiger partial charge in [0.25, 0.3) is 0 Å². The summed E-state index contributed by atoms with van der Waals surface area (Å²) in [6, 6.07) is 112. The van der Waals surface area contributed by atoms with E-state index in [0.717, 1.165) is 58.2 Å². The topological polar surface area (TPSA) is 119 Å². The monoisotopic (exact) mass is 1800 g/mol. The zero-order chi connectivity index (χ0) is 88.1. The van der Waals surface area contributed by atoms with Gasteiger partial charge in [0.2, 0.25) is 0 Å². The van der Waals surface area contributed by atoms with Gasteiger partial charge in [-0.3, -0.25) is 0 Å². The molecule has 0 radical (unpaired) electrons. The van der Waals surface area contributed by atoms with E-state index in [1.165, 1.54) is 109 Å². The Balaban J connectivity index is 0.000000140. The first-order chi connectivity index (χ1) is 60.3. The van der Waals surface area contributed by atoms with E-state index in [1.807, 2.05) is 121 Å². The molecule has 22 heteroatoms. The highest BCUT2D eigenvalue weighted by molar-refractivity contribution is 7.94. The third-order valence-electron chi connectivity index (χ3n) is 22.8. The van der Waals surface area contributed by atoms with Crippen molar-refractivity contribution in [3.8, 4) is 0 Å². The van der Waals surface area contributed by atoms with Gasteiger partial charge in [0.15, 0.2) is 39.4 Å². The predicted octanol–water partition coefficient (Wildman–Crippen LogP) is 24.0. The van der Waals surface area contributed by atoms with E-state index in [4.69, 9.17) is 0 Å². The second-order valence-electron chi connectivity index (χ2n) is 30.5. The molecule has 1 heterocycles. The lowest BCUT2D eigenvalue weighted by molar-refractivity contribution is 0.250. The molecule has 1 saturated heterocycles. The van der Waals surface area contributed by atoms with Crippen molar-refractivity contribution in [1.82, 2.24) is 0 Å². The van der Waals surface area contributed by atoms with Crippen molar-refractivity contribution in [1.29, 1.82) is 0 Å². The summed E-state index contributed by atoms with van der Waals surface area (Å²) in [5, 5.41) is 0.682. The van der Waals surface area contributed by atoms with E-state index in [-0.39, 0.29) is 72.3 Å². The quantitative estimate of drug-likeness (QED) is 0.0490. The number of hydrogen-bond donors (Lipinski definition) is 0. The van der Waals surface area contributed by atoms with Gasteiger partial charge >= 0.3 is 0 Å².